The average Bonchev–Trinajstić information content (AvgIpc) is 2.68. The lowest BCUT2D eigenvalue weighted by Crippen LogP contribution is -1.98. The van der Waals surface area contributed by atoms with E-state index in [9.17, 15) is 0 Å². The Hall–Kier alpha value is -0.990. The molecule has 1 aromatic heterocycles. The van der Waals surface area contributed by atoms with Crippen LogP contribution in [-0.4, -0.2) is 9.78 Å². The topological polar surface area (TPSA) is 43.8 Å². The molecule has 0 amide bonds. The van der Waals surface area contributed by atoms with E-state index in [1.807, 2.05) is 10.9 Å². The number of aromatic nitrogens is 2. The second-order valence-electron chi connectivity index (χ2n) is 4.51. The van der Waals surface area contributed by atoms with Crippen LogP contribution in [0.3, 0.4) is 0 Å². The quantitative estimate of drug-likeness (QED) is 0.650. The van der Waals surface area contributed by atoms with Crippen LogP contribution in [-0.2, 0) is 6.54 Å². The molecular formula is C13H25N3. The molecule has 0 unspecified atom stereocenters. The van der Waals surface area contributed by atoms with E-state index < -0.39 is 0 Å². The normalized spacial score (nSPS) is 10.8. The van der Waals surface area contributed by atoms with Gasteiger partial charge in [0.1, 0.15) is 0 Å². The first kappa shape index (κ1) is 13.1. The Morgan fingerprint density at radius 1 is 1.06 bits per heavy atom. The van der Waals surface area contributed by atoms with Crippen LogP contribution in [0, 0.1) is 0 Å². The number of hydrogen-bond acceptors (Lipinski definition) is 2. The zero-order chi connectivity index (χ0) is 11.6. The molecule has 0 saturated carbocycles. The molecule has 1 aromatic rings. The highest BCUT2D eigenvalue weighted by Crippen LogP contribution is 2.09. The standard InChI is InChI=1S/C13H25N3/c1-2-3-4-5-6-7-8-9-10-16-12-13(14)11-15-16/h11-12H,2-10,14H2,1H3. The van der Waals surface area contributed by atoms with Gasteiger partial charge in [0.15, 0.2) is 0 Å². The molecule has 0 radical (unpaired) electrons. The Kier molecular flexibility index (Phi) is 6.70. The molecule has 3 heteroatoms. The zero-order valence-corrected chi connectivity index (χ0v) is 10.5. The summed E-state index contributed by atoms with van der Waals surface area (Å²) in [5, 5.41) is 4.17. The summed E-state index contributed by atoms with van der Waals surface area (Å²) in [6, 6.07) is 0. The smallest absolute Gasteiger partial charge is 0.0719 e. The summed E-state index contributed by atoms with van der Waals surface area (Å²) < 4.78 is 1.94. The Bertz CT molecular complexity index is 268. The maximum atomic E-state index is 5.59. The van der Waals surface area contributed by atoms with Gasteiger partial charge in [-0.2, -0.15) is 5.10 Å². The van der Waals surface area contributed by atoms with Gasteiger partial charge in [0.2, 0.25) is 0 Å². The highest BCUT2D eigenvalue weighted by atomic mass is 15.3. The minimum Gasteiger partial charge on any atom is -0.396 e. The minimum absolute atomic E-state index is 0.763. The summed E-state index contributed by atoms with van der Waals surface area (Å²) in [4.78, 5) is 0. The van der Waals surface area contributed by atoms with Crippen LogP contribution in [0.25, 0.3) is 0 Å². The van der Waals surface area contributed by atoms with Crippen molar-refractivity contribution in [3.05, 3.63) is 12.4 Å². The van der Waals surface area contributed by atoms with Crippen molar-refractivity contribution in [3.8, 4) is 0 Å². The molecule has 0 aliphatic rings. The molecule has 2 N–H and O–H groups in total. The number of anilines is 1. The molecule has 0 aliphatic heterocycles. The van der Waals surface area contributed by atoms with Crippen LogP contribution in [0.5, 0.6) is 0 Å². The molecule has 0 fully saturated rings. The fourth-order valence-corrected chi connectivity index (χ4v) is 1.91. The average molecular weight is 223 g/mol. The van der Waals surface area contributed by atoms with E-state index in [4.69, 9.17) is 5.73 Å². The van der Waals surface area contributed by atoms with E-state index >= 15 is 0 Å². The number of nitrogen functional groups attached to an aromatic ring is 1. The van der Waals surface area contributed by atoms with Gasteiger partial charge in [0.05, 0.1) is 11.9 Å². The van der Waals surface area contributed by atoms with Gasteiger partial charge in [-0.3, -0.25) is 4.68 Å². The van der Waals surface area contributed by atoms with Gasteiger partial charge < -0.3 is 5.73 Å². The second kappa shape index (κ2) is 8.20. The van der Waals surface area contributed by atoms with Gasteiger partial charge >= 0.3 is 0 Å². The van der Waals surface area contributed by atoms with Crippen LogP contribution in [0.15, 0.2) is 12.4 Å². The summed E-state index contributed by atoms with van der Waals surface area (Å²) in [5.74, 6) is 0. The van der Waals surface area contributed by atoms with Crippen LogP contribution in [0.4, 0.5) is 5.69 Å². The highest BCUT2D eigenvalue weighted by Gasteiger charge is 1.95. The van der Waals surface area contributed by atoms with E-state index in [1.54, 1.807) is 6.20 Å². The Morgan fingerprint density at radius 3 is 2.25 bits per heavy atom. The van der Waals surface area contributed by atoms with Crippen molar-refractivity contribution >= 4 is 5.69 Å². The molecule has 16 heavy (non-hydrogen) atoms. The Balaban J connectivity index is 1.88. The summed E-state index contributed by atoms with van der Waals surface area (Å²) in [7, 11) is 0. The lowest BCUT2D eigenvalue weighted by Gasteiger charge is -2.02. The summed E-state index contributed by atoms with van der Waals surface area (Å²) in [6.07, 6.45) is 14.4. The number of nitrogens with two attached hydrogens (primary N) is 1. The van der Waals surface area contributed by atoms with E-state index in [-0.39, 0.29) is 0 Å². The highest BCUT2D eigenvalue weighted by molar-refractivity contribution is 5.30. The van der Waals surface area contributed by atoms with Crippen molar-refractivity contribution in [2.75, 3.05) is 5.73 Å². The lowest BCUT2D eigenvalue weighted by molar-refractivity contribution is 0.520. The Morgan fingerprint density at radius 2 is 1.69 bits per heavy atom. The molecular weight excluding hydrogens is 198 g/mol. The molecule has 0 aliphatic carbocycles. The first-order chi connectivity index (χ1) is 7.83. The monoisotopic (exact) mass is 223 g/mol. The predicted octanol–water partition coefficient (Wildman–Crippen LogP) is 3.61. The third kappa shape index (κ3) is 5.79. The largest absolute Gasteiger partial charge is 0.396 e. The summed E-state index contributed by atoms with van der Waals surface area (Å²) in [5.41, 5.74) is 6.36. The zero-order valence-electron chi connectivity index (χ0n) is 10.5. The van der Waals surface area contributed by atoms with Crippen molar-refractivity contribution in [1.82, 2.24) is 9.78 Å². The minimum atomic E-state index is 0.763. The van der Waals surface area contributed by atoms with E-state index in [2.05, 4.69) is 12.0 Å². The van der Waals surface area contributed by atoms with E-state index in [0.717, 1.165) is 12.2 Å². The van der Waals surface area contributed by atoms with Crippen molar-refractivity contribution in [2.45, 2.75) is 64.8 Å². The lowest BCUT2D eigenvalue weighted by atomic mass is 10.1. The number of hydrogen-bond donors (Lipinski definition) is 1. The molecule has 0 bridgehead atoms. The van der Waals surface area contributed by atoms with Crippen molar-refractivity contribution in [3.63, 3.8) is 0 Å². The fraction of sp³-hybridized carbons (Fsp3) is 0.769. The van der Waals surface area contributed by atoms with Crippen LogP contribution < -0.4 is 5.73 Å². The molecule has 1 rings (SSSR count). The van der Waals surface area contributed by atoms with Gasteiger partial charge in [0.25, 0.3) is 0 Å². The van der Waals surface area contributed by atoms with Gasteiger partial charge in [-0.25, -0.2) is 0 Å². The SMILES string of the molecule is CCCCCCCCCCn1cc(N)cn1. The molecule has 1 heterocycles. The third-order valence-corrected chi connectivity index (χ3v) is 2.89. The molecule has 0 aromatic carbocycles. The molecule has 0 spiro atoms. The van der Waals surface area contributed by atoms with Gasteiger partial charge in [0, 0.05) is 12.7 Å². The van der Waals surface area contributed by atoms with Crippen molar-refractivity contribution in [2.24, 2.45) is 0 Å². The van der Waals surface area contributed by atoms with E-state index in [0.29, 0.717) is 0 Å². The molecule has 92 valence electrons. The van der Waals surface area contributed by atoms with E-state index in [1.165, 1.54) is 51.4 Å². The maximum Gasteiger partial charge on any atom is 0.0719 e. The van der Waals surface area contributed by atoms with Crippen molar-refractivity contribution < 1.29 is 0 Å². The fourth-order valence-electron chi connectivity index (χ4n) is 1.91. The van der Waals surface area contributed by atoms with Gasteiger partial charge in [-0.15, -0.1) is 0 Å². The number of nitrogens with zero attached hydrogens (tertiary/aromatic N) is 2. The van der Waals surface area contributed by atoms with Gasteiger partial charge in [-0.05, 0) is 6.42 Å². The second-order valence-corrected chi connectivity index (χ2v) is 4.51. The molecule has 0 atom stereocenters. The van der Waals surface area contributed by atoms with Crippen LogP contribution in [0.1, 0.15) is 58.3 Å². The number of unbranched alkanes of at least 4 members (excludes halogenated alkanes) is 7. The molecule has 3 nitrogen and oxygen atoms in total. The predicted molar refractivity (Wildman–Crippen MR) is 69.2 cm³/mol. The summed E-state index contributed by atoms with van der Waals surface area (Å²) >= 11 is 0. The third-order valence-electron chi connectivity index (χ3n) is 2.89. The van der Waals surface area contributed by atoms with Crippen molar-refractivity contribution in [1.29, 1.82) is 0 Å². The number of rotatable bonds is 9. The first-order valence-corrected chi connectivity index (χ1v) is 6.61. The van der Waals surface area contributed by atoms with Crippen LogP contribution >= 0.6 is 0 Å². The first-order valence-electron chi connectivity index (χ1n) is 6.61. The van der Waals surface area contributed by atoms with Crippen LogP contribution in [0.2, 0.25) is 0 Å². The Labute approximate surface area is 99.0 Å². The maximum absolute atomic E-state index is 5.59. The summed E-state index contributed by atoms with van der Waals surface area (Å²) in [6.45, 7) is 3.27. The number of aryl methyl sites for hydroxylation is 1. The van der Waals surface area contributed by atoms with Gasteiger partial charge in [-0.1, -0.05) is 51.9 Å². The molecule has 0 saturated heterocycles.